The number of hydrogen-bond donors (Lipinski definition) is 2. The van der Waals surface area contributed by atoms with Gasteiger partial charge in [0.05, 0.1) is 26.4 Å². The first-order valence-corrected chi connectivity index (χ1v) is 4.46. The summed E-state index contributed by atoms with van der Waals surface area (Å²) in [5.74, 6) is 0. The summed E-state index contributed by atoms with van der Waals surface area (Å²) in [7, 11) is 0. The van der Waals surface area contributed by atoms with Crippen LogP contribution in [0.4, 0.5) is 0 Å². The van der Waals surface area contributed by atoms with Gasteiger partial charge in [-0.3, -0.25) is 0 Å². The third-order valence-corrected chi connectivity index (χ3v) is 1.57. The van der Waals surface area contributed by atoms with E-state index in [0.717, 1.165) is 0 Å². The number of aliphatic hydroxyl groups is 2. The molecule has 0 aliphatic carbocycles. The van der Waals surface area contributed by atoms with Crippen LogP contribution in [0.5, 0.6) is 0 Å². The maximum absolute atomic E-state index is 9.23. The predicted molar refractivity (Wildman–Crippen MR) is 45.6 cm³/mol. The van der Waals surface area contributed by atoms with Crippen LogP contribution in [-0.4, -0.2) is 62.4 Å². The summed E-state index contributed by atoms with van der Waals surface area (Å²) < 4.78 is 19.9. The van der Waals surface area contributed by atoms with Crippen molar-refractivity contribution in [3.8, 4) is 0 Å². The second-order valence-electron chi connectivity index (χ2n) is 3.03. The van der Waals surface area contributed by atoms with Gasteiger partial charge in [0.1, 0.15) is 25.8 Å². The van der Waals surface area contributed by atoms with Crippen LogP contribution in [0.3, 0.4) is 0 Å². The van der Waals surface area contributed by atoms with Gasteiger partial charge in [0.25, 0.3) is 0 Å². The van der Waals surface area contributed by atoms with E-state index < -0.39 is 12.2 Å². The van der Waals surface area contributed by atoms with Crippen molar-refractivity contribution in [1.82, 2.24) is 0 Å². The van der Waals surface area contributed by atoms with Gasteiger partial charge in [0.15, 0.2) is 0 Å². The minimum Gasteiger partial charge on any atom is -0.388 e. The van der Waals surface area contributed by atoms with Gasteiger partial charge in [-0.25, -0.2) is 0 Å². The van der Waals surface area contributed by atoms with Crippen LogP contribution in [0, 0.1) is 0 Å². The Labute approximate surface area is 82.3 Å². The van der Waals surface area contributed by atoms with E-state index in [-0.39, 0.29) is 40.0 Å². The van der Waals surface area contributed by atoms with Crippen molar-refractivity contribution in [2.24, 2.45) is 0 Å². The third-order valence-electron chi connectivity index (χ3n) is 1.57. The van der Waals surface area contributed by atoms with E-state index in [0.29, 0.717) is 0 Å². The second-order valence-corrected chi connectivity index (χ2v) is 3.03. The average molecular weight is 208 g/mol. The molecule has 2 N–H and O–H groups in total. The number of ether oxygens (including phenoxy) is 4. The van der Waals surface area contributed by atoms with E-state index in [1.165, 1.54) is 0 Å². The van der Waals surface area contributed by atoms with Crippen LogP contribution in [0.2, 0.25) is 0 Å². The zero-order valence-electron chi connectivity index (χ0n) is 7.92. The van der Waals surface area contributed by atoms with Crippen LogP contribution in [-0.2, 0) is 18.9 Å². The molecule has 6 nitrogen and oxygen atoms in total. The van der Waals surface area contributed by atoms with Crippen LogP contribution in [0.1, 0.15) is 0 Å². The van der Waals surface area contributed by atoms with E-state index >= 15 is 0 Å². The number of rotatable bonds is 0. The average Bonchev–Trinajstić information content (AvgIpc) is 2.14. The van der Waals surface area contributed by atoms with Crippen LogP contribution < -0.4 is 0 Å². The molecular weight excluding hydrogens is 192 g/mol. The Morgan fingerprint density at radius 1 is 0.643 bits per heavy atom. The van der Waals surface area contributed by atoms with Crippen LogP contribution in [0.15, 0.2) is 0 Å². The minimum absolute atomic E-state index is 0.0497. The minimum atomic E-state index is -0.674. The lowest BCUT2D eigenvalue weighted by atomic mass is 10.4. The van der Waals surface area contributed by atoms with Gasteiger partial charge in [0, 0.05) is 0 Å². The smallest absolute Gasteiger partial charge is 0.146 e. The molecule has 0 aromatic rings. The quantitative estimate of drug-likeness (QED) is 0.515. The fourth-order valence-corrected chi connectivity index (χ4v) is 0.951. The standard InChI is InChI=1S/C8H16O6/c9-7-1-11-5-13-3-8(10)4-14-6-12-2-7/h7-10H,1-6H2. The maximum atomic E-state index is 9.23. The van der Waals surface area contributed by atoms with Gasteiger partial charge in [-0.1, -0.05) is 0 Å². The normalized spacial score (nSPS) is 33.0. The van der Waals surface area contributed by atoms with Gasteiger partial charge in [-0.2, -0.15) is 0 Å². The van der Waals surface area contributed by atoms with E-state index in [1.54, 1.807) is 0 Å². The molecule has 0 bridgehead atoms. The lowest BCUT2D eigenvalue weighted by Gasteiger charge is -2.16. The molecule has 0 aromatic carbocycles. The molecule has 84 valence electrons. The molecule has 0 aromatic heterocycles. The Morgan fingerprint density at radius 2 is 0.929 bits per heavy atom. The SMILES string of the molecule is OC1COCOCC(O)COCOC1. The molecule has 6 heteroatoms. The molecule has 0 atom stereocenters. The maximum Gasteiger partial charge on any atom is 0.146 e. The van der Waals surface area contributed by atoms with Gasteiger partial charge < -0.3 is 29.2 Å². The Hall–Kier alpha value is -0.240. The Balaban J connectivity index is 2.19. The molecule has 1 saturated heterocycles. The largest absolute Gasteiger partial charge is 0.388 e. The van der Waals surface area contributed by atoms with Crippen molar-refractivity contribution < 1.29 is 29.2 Å². The Bertz CT molecular complexity index is 114. The van der Waals surface area contributed by atoms with Gasteiger partial charge in [-0.15, -0.1) is 0 Å². The zero-order valence-corrected chi connectivity index (χ0v) is 7.92. The summed E-state index contributed by atoms with van der Waals surface area (Å²) in [6.45, 7) is 0.695. The van der Waals surface area contributed by atoms with E-state index in [1.807, 2.05) is 0 Å². The molecule has 0 amide bonds. The van der Waals surface area contributed by atoms with Crippen molar-refractivity contribution in [2.45, 2.75) is 12.2 Å². The van der Waals surface area contributed by atoms with Gasteiger partial charge >= 0.3 is 0 Å². The van der Waals surface area contributed by atoms with Gasteiger partial charge in [-0.05, 0) is 0 Å². The molecule has 1 rings (SSSR count). The highest BCUT2D eigenvalue weighted by Crippen LogP contribution is 1.94. The van der Waals surface area contributed by atoms with E-state index in [4.69, 9.17) is 18.9 Å². The van der Waals surface area contributed by atoms with E-state index in [2.05, 4.69) is 0 Å². The van der Waals surface area contributed by atoms with Crippen molar-refractivity contribution in [3.63, 3.8) is 0 Å². The fourth-order valence-electron chi connectivity index (χ4n) is 0.951. The molecule has 0 radical (unpaired) electrons. The number of aliphatic hydroxyl groups excluding tert-OH is 2. The lowest BCUT2D eigenvalue weighted by molar-refractivity contribution is -0.150. The highest BCUT2D eigenvalue weighted by Gasteiger charge is 2.08. The summed E-state index contributed by atoms with van der Waals surface area (Å²) in [6, 6.07) is 0. The highest BCUT2D eigenvalue weighted by atomic mass is 16.7. The lowest BCUT2D eigenvalue weighted by Crippen LogP contribution is -2.28. The summed E-state index contributed by atoms with van der Waals surface area (Å²) in [5, 5.41) is 18.5. The second kappa shape index (κ2) is 7.10. The molecule has 1 aliphatic heterocycles. The van der Waals surface area contributed by atoms with Gasteiger partial charge in [0.2, 0.25) is 0 Å². The first-order chi connectivity index (χ1) is 6.79. The molecule has 1 aliphatic rings. The molecule has 14 heavy (non-hydrogen) atoms. The third kappa shape index (κ3) is 5.48. The molecule has 0 unspecified atom stereocenters. The number of hydrogen-bond acceptors (Lipinski definition) is 6. The van der Waals surface area contributed by atoms with Crippen molar-refractivity contribution in [2.75, 3.05) is 40.0 Å². The Kier molecular flexibility index (Phi) is 6.00. The molecule has 0 saturated carbocycles. The summed E-state index contributed by atoms with van der Waals surface area (Å²) in [6.07, 6.45) is -1.35. The molecule has 0 spiro atoms. The molecule has 1 fully saturated rings. The van der Waals surface area contributed by atoms with E-state index in [9.17, 15) is 10.2 Å². The zero-order chi connectivity index (χ0) is 10.2. The summed E-state index contributed by atoms with van der Waals surface area (Å²) in [5.41, 5.74) is 0. The highest BCUT2D eigenvalue weighted by molar-refractivity contribution is 4.52. The monoisotopic (exact) mass is 208 g/mol. The Morgan fingerprint density at radius 3 is 1.21 bits per heavy atom. The summed E-state index contributed by atoms with van der Waals surface area (Å²) >= 11 is 0. The topological polar surface area (TPSA) is 77.4 Å². The molecule has 1 heterocycles. The fraction of sp³-hybridized carbons (Fsp3) is 1.00. The van der Waals surface area contributed by atoms with Crippen LogP contribution >= 0.6 is 0 Å². The first kappa shape index (κ1) is 11.8. The van der Waals surface area contributed by atoms with Crippen molar-refractivity contribution >= 4 is 0 Å². The van der Waals surface area contributed by atoms with Crippen molar-refractivity contribution in [3.05, 3.63) is 0 Å². The summed E-state index contributed by atoms with van der Waals surface area (Å²) in [4.78, 5) is 0. The molecular formula is C8H16O6. The predicted octanol–water partition coefficient (Wildman–Crippen LogP) is -1.30. The first-order valence-electron chi connectivity index (χ1n) is 4.46. The van der Waals surface area contributed by atoms with Crippen molar-refractivity contribution in [1.29, 1.82) is 0 Å². The van der Waals surface area contributed by atoms with Crippen LogP contribution in [0.25, 0.3) is 0 Å².